The van der Waals surface area contributed by atoms with Crippen molar-refractivity contribution in [1.29, 1.82) is 5.41 Å². The molecule has 0 aliphatic heterocycles. The van der Waals surface area contributed by atoms with Crippen LogP contribution in [0.1, 0.15) is 0 Å². The highest BCUT2D eigenvalue weighted by Crippen LogP contribution is 2.25. The number of hydrogen-bond acceptors (Lipinski definition) is 4. The average Bonchev–Trinajstić information content (AvgIpc) is 2.13. The van der Waals surface area contributed by atoms with Crippen LogP contribution in [0.25, 0.3) is 0 Å². The van der Waals surface area contributed by atoms with Crippen LogP contribution in [0.15, 0.2) is 23.2 Å². The monoisotopic (exact) mass is 230 g/mol. The lowest BCUT2D eigenvalue weighted by atomic mass is 10.3. The molecule has 1 rings (SSSR count). The number of aliphatic imine (C=N–C) groups is 1. The van der Waals surface area contributed by atoms with Crippen molar-refractivity contribution < 1.29 is 9.59 Å². The van der Waals surface area contributed by atoms with E-state index >= 15 is 0 Å². The Morgan fingerprint density at radius 3 is 2.21 bits per heavy atom. The summed E-state index contributed by atoms with van der Waals surface area (Å²) in [5, 5.41) is 6.22. The Morgan fingerprint density at radius 1 is 1.21 bits per heavy atom. The molecule has 0 spiro atoms. The molecule has 1 aromatic rings. The minimum Gasteiger partial charge on any atom is -0.222 e. The SMILES string of the molecule is N=C=O.O=C=Nc1ccc(Cl)c(Cl)c1. The van der Waals surface area contributed by atoms with Crippen LogP contribution in [0, 0.1) is 5.41 Å². The zero-order chi connectivity index (χ0) is 11.0. The van der Waals surface area contributed by atoms with Gasteiger partial charge in [-0.05, 0) is 18.2 Å². The normalized spacial score (nSPS) is 7.57. The first-order valence-electron chi connectivity index (χ1n) is 3.22. The summed E-state index contributed by atoms with van der Waals surface area (Å²) in [6.45, 7) is 0. The Hall–Kier alpha value is -1.44. The molecule has 0 atom stereocenters. The molecule has 0 fully saturated rings. The molecule has 0 saturated heterocycles. The minimum atomic E-state index is 0.378. The molecule has 0 unspecified atom stereocenters. The molecular weight excluding hydrogens is 227 g/mol. The largest absolute Gasteiger partial charge is 0.240 e. The molecule has 4 nitrogen and oxygen atoms in total. The molecule has 14 heavy (non-hydrogen) atoms. The fraction of sp³-hybridized carbons (Fsp3) is 0. The fourth-order valence-electron chi connectivity index (χ4n) is 0.607. The van der Waals surface area contributed by atoms with Gasteiger partial charge in [0.15, 0.2) is 0 Å². The van der Waals surface area contributed by atoms with Crippen LogP contribution >= 0.6 is 23.2 Å². The molecule has 0 aliphatic rings. The van der Waals surface area contributed by atoms with Gasteiger partial charge in [0.2, 0.25) is 12.2 Å². The Balaban J connectivity index is 0.000000500. The van der Waals surface area contributed by atoms with Crippen molar-refractivity contribution in [3.05, 3.63) is 28.2 Å². The van der Waals surface area contributed by atoms with E-state index in [1.807, 2.05) is 0 Å². The number of hydrogen-bond donors (Lipinski definition) is 1. The third-order valence-corrected chi connectivity index (χ3v) is 1.82. The first-order valence-corrected chi connectivity index (χ1v) is 3.98. The number of benzene rings is 1. The molecule has 0 aliphatic carbocycles. The van der Waals surface area contributed by atoms with Crippen LogP contribution in [0.5, 0.6) is 0 Å². The summed E-state index contributed by atoms with van der Waals surface area (Å²) in [6.07, 6.45) is 2.15. The molecule has 1 aromatic carbocycles. The molecular formula is C8H4Cl2N2O2. The van der Waals surface area contributed by atoms with Crippen molar-refractivity contribution in [3.63, 3.8) is 0 Å². The number of carbonyl (C=O) groups excluding carboxylic acids is 2. The number of rotatable bonds is 1. The highest BCUT2D eigenvalue weighted by atomic mass is 35.5. The average molecular weight is 231 g/mol. The molecule has 0 amide bonds. The van der Waals surface area contributed by atoms with E-state index in [0.717, 1.165) is 6.08 Å². The molecule has 0 bridgehead atoms. The van der Waals surface area contributed by atoms with Gasteiger partial charge in [-0.15, -0.1) is 0 Å². The molecule has 0 radical (unpaired) electrons. The summed E-state index contributed by atoms with van der Waals surface area (Å²) in [5.41, 5.74) is 0.453. The molecule has 0 heterocycles. The Kier molecular flexibility index (Phi) is 6.29. The summed E-state index contributed by atoms with van der Waals surface area (Å²) in [6, 6.07) is 4.65. The van der Waals surface area contributed by atoms with Gasteiger partial charge in [-0.3, -0.25) is 0 Å². The molecule has 6 heteroatoms. The number of nitrogens with zero attached hydrogens (tertiary/aromatic N) is 1. The van der Waals surface area contributed by atoms with Gasteiger partial charge in [0, 0.05) is 0 Å². The second kappa shape index (κ2) is 7.01. The van der Waals surface area contributed by atoms with Gasteiger partial charge in [0.1, 0.15) is 0 Å². The van der Waals surface area contributed by atoms with E-state index in [0.29, 0.717) is 15.7 Å². The number of halogens is 2. The second-order valence-electron chi connectivity index (χ2n) is 1.90. The van der Waals surface area contributed by atoms with Crippen LogP contribution in [0.3, 0.4) is 0 Å². The van der Waals surface area contributed by atoms with Crippen molar-refractivity contribution in [3.8, 4) is 0 Å². The number of isocyanates is 2. The van der Waals surface area contributed by atoms with Gasteiger partial charge in [0.05, 0.1) is 15.7 Å². The predicted octanol–water partition coefficient (Wildman–Crippen LogP) is 2.86. The first kappa shape index (κ1) is 12.6. The van der Waals surface area contributed by atoms with Crippen LogP contribution in [-0.2, 0) is 9.59 Å². The summed E-state index contributed by atoms with van der Waals surface area (Å²) >= 11 is 11.2. The van der Waals surface area contributed by atoms with Crippen LogP contribution < -0.4 is 0 Å². The zero-order valence-corrected chi connectivity index (χ0v) is 8.26. The van der Waals surface area contributed by atoms with Crippen molar-refractivity contribution in [2.24, 2.45) is 4.99 Å². The number of nitrogens with one attached hydrogen (secondary N) is 1. The lowest BCUT2D eigenvalue weighted by Crippen LogP contribution is -1.67. The van der Waals surface area contributed by atoms with Crippen LogP contribution in [-0.4, -0.2) is 12.2 Å². The van der Waals surface area contributed by atoms with E-state index in [9.17, 15) is 4.79 Å². The molecule has 1 N–H and O–H groups in total. The highest BCUT2D eigenvalue weighted by molar-refractivity contribution is 6.42. The lowest BCUT2D eigenvalue weighted by Gasteiger charge is -1.93. The second-order valence-corrected chi connectivity index (χ2v) is 2.72. The summed E-state index contributed by atoms with van der Waals surface area (Å²) < 4.78 is 0. The van der Waals surface area contributed by atoms with E-state index in [-0.39, 0.29) is 0 Å². The predicted molar refractivity (Wildman–Crippen MR) is 52.7 cm³/mol. The van der Waals surface area contributed by atoms with E-state index < -0.39 is 0 Å². The highest BCUT2D eigenvalue weighted by Gasteiger charge is 1.96. The quantitative estimate of drug-likeness (QED) is 0.596. The van der Waals surface area contributed by atoms with Crippen molar-refractivity contribution in [2.45, 2.75) is 0 Å². The van der Waals surface area contributed by atoms with Crippen molar-refractivity contribution >= 4 is 41.0 Å². The van der Waals surface area contributed by atoms with E-state index in [4.69, 9.17) is 33.4 Å². The van der Waals surface area contributed by atoms with Gasteiger partial charge in [-0.2, -0.15) is 4.99 Å². The van der Waals surface area contributed by atoms with Gasteiger partial charge >= 0.3 is 0 Å². The van der Waals surface area contributed by atoms with Gasteiger partial charge in [0.25, 0.3) is 0 Å². The lowest BCUT2D eigenvalue weighted by molar-refractivity contribution is 0.562. The molecule has 0 aromatic heterocycles. The zero-order valence-electron chi connectivity index (χ0n) is 6.75. The molecule has 72 valence electrons. The molecule has 0 saturated carbocycles. The third-order valence-electron chi connectivity index (χ3n) is 1.08. The maximum absolute atomic E-state index is 9.80. The maximum atomic E-state index is 9.80. The van der Waals surface area contributed by atoms with E-state index in [1.54, 1.807) is 12.1 Å². The van der Waals surface area contributed by atoms with Crippen molar-refractivity contribution in [2.75, 3.05) is 0 Å². The van der Waals surface area contributed by atoms with Crippen molar-refractivity contribution in [1.82, 2.24) is 0 Å². The standard InChI is InChI=1S/C7H3Cl2NO.CHNO/c8-6-2-1-5(10-4-11)3-7(6)9;2-1-3/h1-3H;2H. The summed E-state index contributed by atoms with van der Waals surface area (Å²) in [5.74, 6) is 0. The third kappa shape index (κ3) is 4.55. The summed E-state index contributed by atoms with van der Waals surface area (Å²) in [4.78, 5) is 21.5. The topological polar surface area (TPSA) is 70.3 Å². The van der Waals surface area contributed by atoms with Crippen LogP contribution in [0.4, 0.5) is 5.69 Å². The smallest absolute Gasteiger partial charge is 0.222 e. The van der Waals surface area contributed by atoms with Gasteiger partial charge in [-0.25, -0.2) is 15.0 Å². The minimum absolute atomic E-state index is 0.378. The Morgan fingerprint density at radius 2 is 1.79 bits per heavy atom. The van der Waals surface area contributed by atoms with Crippen LogP contribution in [0.2, 0.25) is 10.0 Å². The summed E-state index contributed by atoms with van der Waals surface area (Å²) in [7, 11) is 0. The fourth-order valence-corrected chi connectivity index (χ4v) is 0.900. The van der Waals surface area contributed by atoms with E-state index in [1.165, 1.54) is 12.1 Å². The Bertz CT molecular complexity index is 394. The van der Waals surface area contributed by atoms with Gasteiger partial charge in [-0.1, -0.05) is 23.2 Å². The maximum Gasteiger partial charge on any atom is 0.240 e. The van der Waals surface area contributed by atoms with Gasteiger partial charge < -0.3 is 0 Å². The van der Waals surface area contributed by atoms with E-state index in [2.05, 4.69) is 4.99 Å². The Labute approximate surface area is 89.7 Å². The first-order chi connectivity index (χ1) is 6.65.